The van der Waals surface area contributed by atoms with Gasteiger partial charge in [-0.3, -0.25) is 0 Å². The Hall–Kier alpha value is -0.660. The van der Waals surface area contributed by atoms with E-state index in [0.717, 1.165) is 11.3 Å². The lowest BCUT2D eigenvalue weighted by atomic mass is 10.2. The Labute approximate surface area is 113 Å². The second-order valence-electron chi connectivity index (χ2n) is 4.10. The average Bonchev–Trinajstić information content (AvgIpc) is 2.86. The molecule has 0 saturated carbocycles. The molecule has 0 fully saturated rings. The zero-order valence-corrected chi connectivity index (χ0v) is 11.4. The van der Waals surface area contributed by atoms with E-state index in [-0.39, 0.29) is 12.6 Å². The molecule has 0 aliphatic heterocycles. The molecule has 110 valence electrons. The predicted molar refractivity (Wildman–Crippen MR) is 67.1 cm³/mol. The summed E-state index contributed by atoms with van der Waals surface area (Å²) in [6.07, 6.45) is -2.81. The van der Waals surface area contributed by atoms with Crippen molar-refractivity contribution in [1.82, 2.24) is 5.32 Å². The first-order valence-corrected chi connectivity index (χ1v) is 6.86. The maximum absolute atomic E-state index is 12.7. The van der Waals surface area contributed by atoms with Gasteiger partial charge in [0.05, 0.1) is 12.6 Å². The molecule has 0 radical (unpaired) electrons. The van der Waals surface area contributed by atoms with Crippen molar-refractivity contribution < 1.29 is 22.3 Å². The van der Waals surface area contributed by atoms with Gasteiger partial charge in [-0.05, 0) is 24.4 Å². The molecule has 1 rings (SSSR count). The predicted octanol–water partition coefficient (Wildman–Crippen LogP) is 3.71. The lowest BCUT2D eigenvalue weighted by molar-refractivity contribution is -0.167. The van der Waals surface area contributed by atoms with Gasteiger partial charge >= 0.3 is 12.3 Å². The van der Waals surface area contributed by atoms with Crippen molar-refractivity contribution in [2.75, 3.05) is 19.8 Å². The zero-order valence-electron chi connectivity index (χ0n) is 10.5. The minimum Gasteiger partial charge on any atom is -0.373 e. The molecule has 0 aliphatic rings. The number of rotatable bonds is 9. The van der Waals surface area contributed by atoms with Gasteiger partial charge in [0.1, 0.15) is 6.61 Å². The molecule has 0 saturated heterocycles. The first-order chi connectivity index (χ1) is 8.97. The third kappa shape index (κ3) is 5.46. The van der Waals surface area contributed by atoms with Crippen LogP contribution < -0.4 is 5.32 Å². The van der Waals surface area contributed by atoms with Crippen LogP contribution >= 0.6 is 11.3 Å². The highest BCUT2D eigenvalue weighted by atomic mass is 32.1. The fourth-order valence-electron chi connectivity index (χ4n) is 1.43. The van der Waals surface area contributed by atoms with Crippen molar-refractivity contribution in [1.29, 1.82) is 0 Å². The largest absolute Gasteiger partial charge is 0.373 e. The van der Waals surface area contributed by atoms with E-state index >= 15 is 0 Å². The highest BCUT2D eigenvalue weighted by molar-refractivity contribution is 7.10. The highest BCUT2D eigenvalue weighted by Crippen LogP contribution is 2.24. The normalized spacial score (nSPS) is 14.0. The van der Waals surface area contributed by atoms with E-state index in [9.17, 15) is 17.6 Å². The summed E-state index contributed by atoms with van der Waals surface area (Å²) in [4.78, 5) is 0.939. The van der Waals surface area contributed by atoms with Crippen LogP contribution in [-0.4, -0.2) is 32.1 Å². The van der Waals surface area contributed by atoms with Crippen LogP contribution in [0.5, 0.6) is 0 Å². The smallest absolute Gasteiger partial charge is 0.330 e. The zero-order chi connectivity index (χ0) is 14.3. The molecule has 0 bridgehead atoms. The molecule has 1 atom stereocenters. The Morgan fingerprint density at radius 2 is 2.16 bits per heavy atom. The van der Waals surface area contributed by atoms with Crippen molar-refractivity contribution in [2.45, 2.75) is 31.7 Å². The van der Waals surface area contributed by atoms with E-state index in [2.05, 4.69) is 5.32 Å². The number of alkyl halides is 4. The molecule has 2 nitrogen and oxygen atoms in total. The summed E-state index contributed by atoms with van der Waals surface area (Å²) < 4.78 is 54.1. The second-order valence-corrected chi connectivity index (χ2v) is 5.08. The summed E-state index contributed by atoms with van der Waals surface area (Å²) in [5, 5.41) is 5.01. The summed E-state index contributed by atoms with van der Waals surface area (Å²) in [5.74, 6) is -4.09. The molecule has 0 spiro atoms. The van der Waals surface area contributed by atoms with Gasteiger partial charge in [0, 0.05) is 4.88 Å². The summed E-state index contributed by atoms with van der Waals surface area (Å²) in [7, 11) is 0. The van der Waals surface area contributed by atoms with Gasteiger partial charge in [-0.1, -0.05) is 13.0 Å². The van der Waals surface area contributed by atoms with Crippen molar-refractivity contribution in [2.24, 2.45) is 0 Å². The van der Waals surface area contributed by atoms with Crippen LogP contribution in [0.1, 0.15) is 24.3 Å². The van der Waals surface area contributed by atoms with Crippen LogP contribution in [0, 0.1) is 0 Å². The van der Waals surface area contributed by atoms with E-state index in [1.165, 1.54) is 11.3 Å². The molecule has 0 aliphatic carbocycles. The first-order valence-electron chi connectivity index (χ1n) is 5.98. The van der Waals surface area contributed by atoms with Gasteiger partial charge < -0.3 is 10.1 Å². The Balaban J connectivity index is 2.46. The van der Waals surface area contributed by atoms with Crippen LogP contribution in [0.3, 0.4) is 0 Å². The van der Waals surface area contributed by atoms with Crippen LogP contribution in [0.4, 0.5) is 17.6 Å². The molecule has 7 heteroatoms. The molecule has 1 heterocycles. The van der Waals surface area contributed by atoms with Gasteiger partial charge in [0.25, 0.3) is 0 Å². The fourth-order valence-corrected chi connectivity index (χ4v) is 2.21. The first kappa shape index (κ1) is 16.4. The van der Waals surface area contributed by atoms with Crippen molar-refractivity contribution in [3.05, 3.63) is 22.4 Å². The molecule has 1 aromatic heterocycles. The van der Waals surface area contributed by atoms with E-state index in [4.69, 9.17) is 4.74 Å². The lowest BCUT2D eigenvalue weighted by Gasteiger charge is -2.20. The van der Waals surface area contributed by atoms with Crippen LogP contribution in [-0.2, 0) is 4.74 Å². The van der Waals surface area contributed by atoms with Crippen molar-refractivity contribution in [3.8, 4) is 0 Å². The summed E-state index contributed by atoms with van der Waals surface area (Å²) in [6.45, 7) is 1.37. The molecule has 1 aromatic rings. The van der Waals surface area contributed by atoms with Gasteiger partial charge in [0.15, 0.2) is 0 Å². The van der Waals surface area contributed by atoms with E-state index in [1.807, 2.05) is 24.4 Å². The van der Waals surface area contributed by atoms with Gasteiger partial charge in [-0.15, -0.1) is 11.3 Å². The Morgan fingerprint density at radius 3 is 2.68 bits per heavy atom. The van der Waals surface area contributed by atoms with E-state index in [0.29, 0.717) is 6.54 Å². The molecule has 19 heavy (non-hydrogen) atoms. The van der Waals surface area contributed by atoms with Crippen LogP contribution in [0.15, 0.2) is 17.5 Å². The Kier molecular flexibility index (Phi) is 6.74. The third-order valence-corrected chi connectivity index (χ3v) is 3.41. The minimum absolute atomic E-state index is 0.0528. The van der Waals surface area contributed by atoms with E-state index in [1.54, 1.807) is 0 Å². The Morgan fingerprint density at radius 1 is 1.42 bits per heavy atom. The number of hydrogen-bond donors (Lipinski definition) is 1. The highest BCUT2D eigenvalue weighted by Gasteiger charge is 2.41. The van der Waals surface area contributed by atoms with Gasteiger partial charge in [-0.25, -0.2) is 8.78 Å². The van der Waals surface area contributed by atoms with Crippen LogP contribution in [0.2, 0.25) is 0 Å². The number of nitrogens with one attached hydrogen (secondary N) is 1. The topological polar surface area (TPSA) is 21.3 Å². The number of ether oxygens (including phenoxy) is 1. The maximum atomic E-state index is 12.7. The maximum Gasteiger partial charge on any atom is 0.330 e. The summed E-state index contributed by atoms with van der Waals surface area (Å²) in [5.41, 5.74) is 0. The van der Waals surface area contributed by atoms with Crippen molar-refractivity contribution >= 4 is 11.3 Å². The molecule has 1 unspecified atom stereocenters. The quantitative estimate of drug-likeness (QED) is 0.702. The number of thiophene rings is 1. The summed E-state index contributed by atoms with van der Waals surface area (Å²) >= 11 is 1.47. The minimum atomic E-state index is -4.09. The lowest BCUT2D eigenvalue weighted by Crippen LogP contribution is -2.34. The van der Waals surface area contributed by atoms with Gasteiger partial charge in [0.2, 0.25) is 0 Å². The van der Waals surface area contributed by atoms with E-state index < -0.39 is 19.0 Å². The van der Waals surface area contributed by atoms with Crippen LogP contribution in [0.25, 0.3) is 0 Å². The average molecular weight is 299 g/mol. The molecule has 0 amide bonds. The monoisotopic (exact) mass is 299 g/mol. The molecule has 1 N–H and O–H groups in total. The third-order valence-electron chi connectivity index (χ3n) is 2.43. The standard InChI is InChI=1S/C12H17F4NOS/c1-2-5-17-9(10-4-3-6-19-10)7-18-8-12(15,16)11(13)14/h3-4,6,9,11,17H,2,5,7-8H2,1H3. The second kappa shape index (κ2) is 7.81. The number of hydrogen-bond acceptors (Lipinski definition) is 3. The molecule has 0 aromatic carbocycles. The SMILES string of the molecule is CCCNC(COCC(F)(F)C(F)F)c1cccs1. The molecular weight excluding hydrogens is 282 g/mol. The molecular formula is C12H17F4NOS. The van der Waals surface area contributed by atoms with Crippen molar-refractivity contribution in [3.63, 3.8) is 0 Å². The fraction of sp³-hybridized carbons (Fsp3) is 0.667. The van der Waals surface area contributed by atoms with Gasteiger partial charge in [-0.2, -0.15) is 8.78 Å². The summed E-state index contributed by atoms with van der Waals surface area (Å²) in [6, 6.07) is 3.45. The Bertz CT molecular complexity index is 346. The number of halogens is 4.